The van der Waals surface area contributed by atoms with Gasteiger partial charge in [0.05, 0.1) is 17.8 Å². The zero-order chi connectivity index (χ0) is 20.4. The number of aromatic nitrogens is 2. The molecule has 4 rings (SSSR count). The number of nitrogens with zero attached hydrogens (tertiary/aromatic N) is 2. The molecule has 29 heavy (non-hydrogen) atoms. The lowest BCUT2D eigenvalue weighted by Gasteiger charge is -2.19. The summed E-state index contributed by atoms with van der Waals surface area (Å²) in [6.07, 6.45) is 0. The van der Waals surface area contributed by atoms with Crippen molar-refractivity contribution in [2.45, 2.75) is 20.0 Å². The lowest BCUT2D eigenvalue weighted by atomic mass is 10.2. The van der Waals surface area contributed by atoms with Crippen molar-refractivity contribution >= 4 is 29.1 Å². The molecule has 1 N–H and O–H groups in total. The van der Waals surface area contributed by atoms with Crippen molar-refractivity contribution in [3.63, 3.8) is 0 Å². The summed E-state index contributed by atoms with van der Waals surface area (Å²) in [5.41, 5.74) is 2.69. The van der Waals surface area contributed by atoms with Gasteiger partial charge in [0.25, 0.3) is 5.91 Å². The van der Waals surface area contributed by atoms with Gasteiger partial charge in [-0.2, -0.15) is 5.10 Å². The number of benzene rings is 2. The number of hydrogen-bond donors (Lipinski definition) is 1. The number of fused-ring (bicyclic) bond motifs is 1. The molecule has 0 saturated heterocycles. The van der Waals surface area contributed by atoms with E-state index in [4.69, 9.17) is 32.7 Å². The molecule has 0 aliphatic carbocycles. The Morgan fingerprint density at radius 1 is 1.14 bits per heavy atom. The quantitative estimate of drug-likeness (QED) is 0.655. The van der Waals surface area contributed by atoms with Gasteiger partial charge in [-0.05, 0) is 36.2 Å². The van der Waals surface area contributed by atoms with Gasteiger partial charge in [0.2, 0.25) is 0 Å². The Hall–Kier alpha value is -2.70. The van der Waals surface area contributed by atoms with Crippen LogP contribution in [0.1, 0.15) is 27.2 Å². The molecule has 0 radical (unpaired) electrons. The fourth-order valence-corrected chi connectivity index (χ4v) is 3.69. The molecule has 6 nitrogen and oxygen atoms in total. The molecular weight excluding hydrogens is 413 g/mol. The largest absolute Gasteiger partial charge is 0.486 e. The average molecular weight is 432 g/mol. The number of halogens is 2. The normalized spacial score (nSPS) is 12.7. The highest BCUT2D eigenvalue weighted by Crippen LogP contribution is 2.31. The van der Waals surface area contributed by atoms with Crippen LogP contribution in [-0.2, 0) is 13.1 Å². The van der Waals surface area contributed by atoms with Crippen LogP contribution in [-0.4, -0.2) is 28.9 Å². The minimum atomic E-state index is -0.284. The van der Waals surface area contributed by atoms with E-state index in [0.29, 0.717) is 54.1 Å². The first-order valence-electron chi connectivity index (χ1n) is 9.16. The summed E-state index contributed by atoms with van der Waals surface area (Å²) >= 11 is 12.7. The molecule has 0 saturated carbocycles. The van der Waals surface area contributed by atoms with E-state index in [0.717, 1.165) is 11.1 Å². The summed E-state index contributed by atoms with van der Waals surface area (Å²) in [6.45, 7) is 3.53. The second kappa shape index (κ2) is 8.35. The van der Waals surface area contributed by atoms with Crippen molar-refractivity contribution in [3.8, 4) is 11.5 Å². The van der Waals surface area contributed by atoms with Crippen LogP contribution in [0, 0.1) is 6.92 Å². The second-order valence-electron chi connectivity index (χ2n) is 6.66. The average Bonchev–Trinajstić information content (AvgIpc) is 3.01. The number of hydrogen-bond acceptors (Lipinski definition) is 4. The maximum atomic E-state index is 12.8. The molecule has 0 unspecified atom stereocenters. The molecule has 1 amide bonds. The maximum Gasteiger partial charge on any atom is 0.256 e. The van der Waals surface area contributed by atoms with Crippen molar-refractivity contribution in [2.75, 3.05) is 13.2 Å². The Bertz CT molecular complexity index is 1070. The fourth-order valence-electron chi connectivity index (χ4n) is 3.17. The molecule has 0 atom stereocenters. The molecule has 150 valence electrons. The van der Waals surface area contributed by atoms with Crippen LogP contribution in [0.3, 0.4) is 0 Å². The number of carbonyl (C=O) groups is 1. The predicted molar refractivity (Wildman–Crippen MR) is 111 cm³/mol. The van der Waals surface area contributed by atoms with Gasteiger partial charge in [0.15, 0.2) is 11.5 Å². The molecule has 2 heterocycles. The van der Waals surface area contributed by atoms with Gasteiger partial charge in [-0.15, -0.1) is 0 Å². The Morgan fingerprint density at radius 3 is 2.69 bits per heavy atom. The molecule has 0 bridgehead atoms. The first-order chi connectivity index (χ1) is 14.0. The van der Waals surface area contributed by atoms with Crippen LogP contribution in [0.5, 0.6) is 11.5 Å². The van der Waals surface area contributed by atoms with E-state index in [1.807, 2.05) is 42.5 Å². The maximum absolute atomic E-state index is 12.8. The van der Waals surface area contributed by atoms with Crippen LogP contribution in [0.2, 0.25) is 10.2 Å². The topological polar surface area (TPSA) is 65.4 Å². The van der Waals surface area contributed by atoms with Gasteiger partial charge < -0.3 is 14.8 Å². The van der Waals surface area contributed by atoms with Crippen LogP contribution in [0.25, 0.3) is 0 Å². The van der Waals surface area contributed by atoms with E-state index in [-0.39, 0.29) is 11.1 Å². The Morgan fingerprint density at radius 2 is 1.90 bits per heavy atom. The van der Waals surface area contributed by atoms with Crippen LogP contribution < -0.4 is 14.8 Å². The number of carbonyl (C=O) groups excluding carboxylic acids is 1. The minimum absolute atomic E-state index is 0.280. The van der Waals surface area contributed by atoms with Crippen LogP contribution >= 0.6 is 23.2 Å². The van der Waals surface area contributed by atoms with E-state index in [2.05, 4.69) is 10.4 Å². The highest BCUT2D eigenvalue weighted by atomic mass is 35.5. The molecule has 1 aliphatic rings. The van der Waals surface area contributed by atoms with Crippen molar-refractivity contribution in [1.82, 2.24) is 15.1 Å². The highest BCUT2D eigenvalue weighted by molar-refractivity contribution is 6.33. The summed E-state index contributed by atoms with van der Waals surface area (Å²) in [6, 6.07) is 13.1. The van der Waals surface area contributed by atoms with E-state index in [1.165, 1.54) is 0 Å². The van der Waals surface area contributed by atoms with Gasteiger partial charge in [-0.25, -0.2) is 4.68 Å². The lowest BCUT2D eigenvalue weighted by Crippen LogP contribution is -2.24. The smallest absolute Gasteiger partial charge is 0.256 e. The monoisotopic (exact) mass is 431 g/mol. The number of rotatable bonds is 5. The lowest BCUT2D eigenvalue weighted by molar-refractivity contribution is 0.0950. The molecule has 1 aromatic heterocycles. The molecule has 8 heteroatoms. The SMILES string of the molecule is Cc1nn(Cc2ccccc2Cl)c(Cl)c1C(=O)NCc1ccc2c(c1)OCCO2. The van der Waals surface area contributed by atoms with Gasteiger partial charge in [-0.3, -0.25) is 4.79 Å². The summed E-state index contributed by atoms with van der Waals surface area (Å²) in [7, 11) is 0. The van der Waals surface area contributed by atoms with Gasteiger partial charge in [0.1, 0.15) is 18.4 Å². The third kappa shape index (κ3) is 4.18. The Kier molecular flexibility index (Phi) is 5.65. The summed E-state index contributed by atoms with van der Waals surface area (Å²) in [4.78, 5) is 12.8. The van der Waals surface area contributed by atoms with E-state index < -0.39 is 0 Å². The molecule has 2 aromatic carbocycles. The molecule has 0 fully saturated rings. The third-order valence-electron chi connectivity index (χ3n) is 4.63. The van der Waals surface area contributed by atoms with Crippen molar-refractivity contribution < 1.29 is 14.3 Å². The van der Waals surface area contributed by atoms with E-state index in [1.54, 1.807) is 11.6 Å². The first-order valence-corrected chi connectivity index (χ1v) is 9.91. The number of amides is 1. The minimum Gasteiger partial charge on any atom is -0.486 e. The van der Waals surface area contributed by atoms with Crippen LogP contribution in [0.4, 0.5) is 0 Å². The standard InChI is InChI=1S/C21H19Cl2N3O3/c1-13-19(20(23)26(25-13)12-15-4-2-3-5-16(15)22)21(27)24-11-14-6-7-17-18(10-14)29-9-8-28-17/h2-7,10H,8-9,11-12H2,1H3,(H,24,27). The Labute approximate surface area is 178 Å². The van der Waals surface area contributed by atoms with Gasteiger partial charge in [0, 0.05) is 11.6 Å². The zero-order valence-electron chi connectivity index (χ0n) is 15.7. The van der Waals surface area contributed by atoms with Crippen LogP contribution in [0.15, 0.2) is 42.5 Å². The number of aryl methyl sites for hydroxylation is 1. The van der Waals surface area contributed by atoms with Gasteiger partial charge >= 0.3 is 0 Å². The summed E-state index contributed by atoms with van der Waals surface area (Å²) < 4.78 is 12.7. The Balaban J connectivity index is 1.47. The highest BCUT2D eigenvalue weighted by Gasteiger charge is 2.21. The van der Waals surface area contributed by atoms with Crippen molar-refractivity contribution in [2.24, 2.45) is 0 Å². The first kappa shape index (κ1) is 19.6. The zero-order valence-corrected chi connectivity index (χ0v) is 17.3. The predicted octanol–water partition coefficient (Wildman–Crippen LogP) is 4.25. The molecule has 0 spiro atoms. The fraction of sp³-hybridized carbons (Fsp3) is 0.238. The molecule has 3 aromatic rings. The van der Waals surface area contributed by atoms with E-state index in [9.17, 15) is 4.79 Å². The number of nitrogens with one attached hydrogen (secondary N) is 1. The third-order valence-corrected chi connectivity index (χ3v) is 5.38. The summed E-state index contributed by atoms with van der Waals surface area (Å²) in [5.74, 6) is 1.11. The van der Waals surface area contributed by atoms with Gasteiger partial charge in [-0.1, -0.05) is 47.5 Å². The van der Waals surface area contributed by atoms with Crippen molar-refractivity contribution in [1.29, 1.82) is 0 Å². The second-order valence-corrected chi connectivity index (χ2v) is 7.43. The summed E-state index contributed by atoms with van der Waals surface area (Å²) in [5, 5.41) is 8.21. The number of ether oxygens (including phenoxy) is 2. The van der Waals surface area contributed by atoms with E-state index >= 15 is 0 Å². The molecular formula is C21H19Cl2N3O3. The van der Waals surface area contributed by atoms with Crippen molar-refractivity contribution in [3.05, 3.63) is 75.0 Å². The molecule has 1 aliphatic heterocycles.